The number of nitrogens with one attached hydrogen (secondary N) is 1. The van der Waals surface area contributed by atoms with Crippen LogP contribution in [0, 0.1) is 0 Å². The van der Waals surface area contributed by atoms with E-state index in [0.717, 1.165) is 55.3 Å². The molecule has 1 N–H and O–H groups in total. The minimum absolute atomic E-state index is 0.315. The summed E-state index contributed by atoms with van der Waals surface area (Å²) in [4.78, 5) is 18.1. The molecule has 0 aliphatic carbocycles. The van der Waals surface area contributed by atoms with Crippen LogP contribution in [0.4, 0.5) is 11.6 Å². The Hall–Kier alpha value is -2.73. The summed E-state index contributed by atoms with van der Waals surface area (Å²) in [6.07, 6.45) is 3.49. The van der Waals surface area contributed by atoms with Gasteiger partial charge in [0, 0.05) is 50.3 Å². The van der Waals surface area contributed by atoms with Gasteiger partial charge >= 0.3 is 0 Å². The van der Waals surface area contributed by atoms with Gasteiger partial charge in [-0.25, -0.2) is 15.0 Å². The van der Waals surface area contributed by atoms with Crippen LogP contribution in [0.25, 0.3) is 10.9 Å². The molecule has 1 unspecified atom stereocenters. The molecule has 3 heterocycles. The van der Waals surface area contributed by atoms with E-state index in [0.29, 0.717) is 6.04 Å². The number of para-hydroxylation sites is 1. The Morgan fingerprint density at radius 1 is 0.962 bits per heavy atom. The molecule has 1 aromatic carbocycles. The first kappa shape index (κ1) is 16.7. The van der Waals surface area contributed by atoms with Gasteiger partial charge < -0.3 is 10.2 Å². The van der Waals surface area contributed by atoms with Gasteiger partial charge in [-0.3, -0.25) is 4.90 Å². The molecule has 1 saturated heterocycles. The summed E-state index contributed by atoms with van der Waals surface area (Å²) in [6, 6.07) is 14.5. The van der Waals surface area contributed by atoms with Crippen LogP contribution in [-0.4, -0.2) is 58.6 Å². The Bertz CT molecular complexity index is 840. The highest BCUT2D eigenvalue weighted by Crippen LogP contribution is 2.19. The predicted molar refractivity (Wildman–Crippen MR) is 106 cm³/mol. The van der Waals surface area contributed by atoms with Crippen molar-refractivity contribution in [1.29, 1.82) is 0 Å². The van der Waals surface area contributed by atoms with Crippen LogP contribution in [-0.2, 0) is 0 Å². The predicted octanol–water partition coefficient (Wildman–Crippen LogP) is 2.65. The molecule has 1 aliphatic rings. The Morgan fingerprint density at radius 3 is 2.58 bits per heavy atom. The van der Waals surface area contributed by atoms with E-state index in [4.69, 9.17) is 0 Å². The molecule has 6 heteroatoms. The minimum Gasteiger partial charge on any atom is -0.366 e. The molecule has 0 saturated carbocycles. The van der Waals surface area contributed by atoms with Crippen molar-refractivity contribution in [2.45, 2.75) is 13.0 Å². The zero-order valence-corrected chi connectivity index (χ0v) is 15.0. The summed E-state index contributed by atoms with van der Waals surface area (Å²) in [5.41, 5.74) is 0.973. The highest BCUT2D eigenvalue weighted by atomic mass is 15.3. The number of hydrogen-bond acceptors (Lipinski definition) is 6. The number of benzene rings is 1. The SMILES string of the molecule is CC(CN1CCN(c2ccccn2)CC1)Nc1ncnc2ccccc12. The van der Waals surface area contributed by atoms with Crippen molar-refractivity contribution in [3.05, 3.63) is 55.0 Å². The van der Waals surface area contributed by atoms with Crippen LogP contribution in [0.5, 0.6) is 0 Å². The molecule has 2 aromatic heterocycles. The second kappa shape index (κ2) is 7.66. The van der Waals surface area contributed by atoms with Gasteiger partial charge in [0.15, 0.2) is 0 Å². The van der Waals surface area contributed by atoms with Crippen molar-refractivity contribution >= 4 is 22.5 Å². The number of nitrogens with zero attached hydrogens (tertiary/aromatic N) is 5. The number of anilines is 2. The summed E-state index contributed by atoms with van der Waals surface area (Å²) >= 11 is 0. The molecule has 1 aliphatic heterocycles. The molecule has 134 valence electrons. The Labute approximate surface area is 153 Å². The monoisotopic (exact) mass is 348 g/mol. The fourth-order valence-corrected chi connectivity index (χ4v) is 3.49. The van der Waals surface area contributed by atoms with E-state index in [-0.39, 0.29) is 0 Å². The zero-order valence-electron chi connectivity index (χ0n) is 15.0. The Kier molecular flexibility index (Phi) is 4.93. The third kappa shape index (κ3) is 3.75. The van der Waals surface area contributed by atoms with Crippen LogP contribution >= 0.6 is 0 Å². The minimum atomic E-state index is 0.315. The maximum atomic E-state index is 4.45. The lowest BCUT2D eigenvalue weighted by Gasteiger charge is -2.36. The zero-order chi connectivity index (χ0) is 17.8. The summed E-state index contributed by atoms with van der Waals surface area (Å²) in [5.74, 6) is 1.99. The van der Waals surface area contributed by atoms with E-state index < -0.39 is 0 Å². The Morgan fingerprint density at radius 2 is 1.77 bits per heavy atom. The molecule has 3 aromatic rings. The summed E-state index contributed by atoms with van der Waals surface area (Å²) in [7, 11) is 0. The molecular formula is C20H24N6. The number of aromatic nitrogens is 3. The number of rotatable bonds is 5. The topological polar surface area (TPSA) is 57.2 Å². The highest BCUT2D eigenvalue weighted by molar-refractivity contribution is 5.88. The molecule has 4 rings (SSSR count). The largest absolute Gasteiger partial charge is 0.366 e. The third-order valence-corrected chi connectivity index (χ3v) is 4.80. The molecule has 6 nitrogen and oxygen atoms in total. The maximum absolute atomic E-state index is 4.45. The number of fused-ring (bicyclic) bond motifs is 1. The van der Waals surface area contributed by atoms with E-state index in [9.17, 15) is 0 Å². The molecule has 26 heavy (non-hydrogen) atoms. The van der Waals surface area contributed by atoms with Crippen LogP contribution < -0.4 is 10.2 Å². The van der Waals surface area contributed by atoms with E-state index >= 15 is 0 Å². The normalized spacial score (nSPS) is 16.6. The van der Waals surface area contributed by atoms with Gasteiger partial charge in [-0.2, -0.15) is 0 Å². The van der Waals surface area contributed by atoms with Crippen molar-refractivity contribution in [1.82, 2.24) is 19.9 Å². The Balaban J connectivity index is 1.33. The van der Waals surface area contributed by atoms with Gasteiger partial charge in [0.1, 0.15) is 18.0 Å². The molecular weight excluding hydrogens is 324 g/mol. The quantitative estimate of drug-likeness (QED) is 0.765. The fraction of sp³-hybridized carbons (Fsp3) is 0.350. The molecule has 1 fully saturated rings. The lowest BCUT2D eigenvalue weighted by Crippen LogP contribution is -2.49. The molecule has 1 atom stereocenters. The molecule has 0 spiro atoms. The van der Waals surface area contributed by atoms with E-state index in [1.54, 1.807) is 6.33 Å². The van der Waals surface area contributed by atoms with Crippen LogP contribution in [0.1, 0.15) is 6.92 Å². The molecule has 0 amide bonds. The maximum Gasteiger partial charge on any atom is 0.137 e. The second-order valence-electron chi connectivity index (χ2n) is 6.76. The molecule has 0 bridgehead atoms. The van der Waals surface area contributed by atoms with Gasteiger partial charge in [-0.05, 0) is 31.2 Å². The highest BCUT2D eigenvalue weighted by Gasteiger charge is 2.19. The lowest BCUT2D eigenvalue weighted by molar-refractivity contribution is 0.250. The average Bonchev–Trinajstić information content (AvgIpc) is 2.69. The summed E-state index contributed by atoms with van der Waals surface area (Å²) < 4.78 is 0. The fourth-order valence-electron chi connectivity index (χ4n) is 3.49. The van der Waals surface area contributed by atoms with Crippen LogP contribution in [0.2, 0.25) is 0 Å². The lowest BCUT2D eigenvalue weighted by atomic mass is 10.2. The summed E-state index contributed by atoms with van der Waals surface area (Å²) in [6.45, 7) is 7.33. The average molecular weight is 348 g/mol. The van der Waals surface area contributed by atoms with Gasteiger partial charge in [0.2, 0.25) is 0 Å². The number of hydrogen-bond donors (Lipinski definition) is 1. The van der Waals surface area contributed by atoms with Crippen molar-refractivity contribution in [3.63, 3.8) is 0 Å². The van der Waals surface area contributed by atoms with E-state index in [2.05, 4.69) is 49.1 Å². The van der Waals surface area contributed by atoms with Crippen LogP contribution in [0.3, 0.4) is 0 Å². The van der Waals surface area contributed by atoms with Crippen molar-refractivity contribution < 1.29 is 0 Å². The van der Waals surface area contributed by atoms with Gasteiger partial charge in [-0.15, -0.1) is 0 Å². The first-order valence-electron chi connectivity index (χ1n) is 9.14. The molecule has 0 radical (unpaired) electrons. The van der Waals surface area contributed by atoms with Crippen molar-refractivity contribution in [2.24, 2.45) is 0 Å². The van der Waals surface area contributed by atoms with Gasteiger partial charge in [-0.1, -0.05) is 18.2 Å². The standard InChI is InChI=1S/C20H24N6/c1-16(24-20-17-6-2-3-7-18(17)22-15-23-20)14-25-10-12-26(13-11-25)19-8-4-5-9-21-19/h2-9,15-16H,10-14H2,1H3,(H,22,23,24). The third-order valence-electron chi connectivity index (χ3n) is 4.80. The number of piperazine rings is 1. The second-order valence-corrected chi connectivity index (χ2v) is 6.76. The van der Waals surface area contributed by atoms with E-state index in [1.807, 2.05) is 36.5 Å². The van der Waals surface area contributed by atoms with E-state index in [1.165, 1.54) is 0 Å². The smallest absolute Gasteiger partial charge is 0.137 e. The van der Waals surface area contributed by atoms with Crippen LogP contribution in [0.15, 0.2) is 55.0 Å². The van der Waals surface area contributed by atoms with Crippen molar-refractivity contribution in [2.75, 3.05) is 42.9 Å². The van der Waals surface area contributed by atoms with Gasteiger partial charge in [0.25, 0.3) is 0 Å². The first-order valence-corrected chi connectivity index (χ1v) is 9.14. The van der Waals surface area contributed by atoms with Gasteiger partial charge in [0.05, 0.1) is 5.52 Å². The summed E-state index contributed by atoms with van der Waals surface area (Å²) in [5, 5.41) is 4.63. The van der Waals surface area contributed by atoms with Crippen molar-refractivity contribution in [3.8, 4) is 0 Å². The number of pyridine rings is 1. The first-order chi connectivity index (χ1) is 12.8.